The van der Waals surface area contributed by atoms with Gasteiger partial charge in [0.25, 0.3) is 0 Å². The van der Waals surface area contributed by atoms with Crippen LogP contribution in [0.3, 0.4) is 0 Å². The largest absolute Gasteiger partial charge is 0.377 e. The Hall–Kier alpha value is -1.35. The highest BCUT2D eigenvalue weighted by molar-refractivity contribution is 5.81. The maximum absolute atomic E-state index is 5.65. The van der Waals surface area contributed by atoms with Crippen molar-refractivity contribution in [3.8, 4) is 0 Å². The van der Waals surface area contributed by atoms with Crippen LogP contribution in [0.1, 0.15) is 43.7 Å². The Morgan fingerprint density at radius 2 is 2.06 bits per heavy atom. The summed E-state index contributed by atoms with van der Waals surface area (Å²) in [4.78, 5) is 0. The molecule has 0 saturated carbocycles. The molecule has 0 bridgehead atoms. The Morgan fingerprint density at radius 1 is 1.24 bits per heavy atom. The summed E-state index contributed by atoms with van der Waals surface area (Å²) in [5.41, 5.74) is 2.17. The fourth-order valence-corrected chi connectivity index (χ4v) is 1.68. The van der Waals surface area contributed by atoms with Crippen molar-refractivity contribution >= 4 is 6.21 Å². The Balaban J connectivity index is 2.31. The fraction of sp³-hybridized carbons (Fsp3) is 0.500. The van der Waals surface area contributed by atoms with Crippen LogP contribution in [0.4, 0.5) is 0 Å². The lowest BCUT2D eigenvalue weighted by Gasteiger charge is -2.06. The van der Waals surface area contributed by atoms with Crippen molar-refractivity contribution in [1.82, 2.24) is 0 Å². The third-order valence-electron chi connectivity index (χ3n) is 2.67. The number of rotatable bonds is 8. The highest BCUT2D eigenvalue weighted by atomic mass is 16.5. The SMILES string of the molecule is CCCCCCOCc1ccccc1C=NN. The van der Waals surface area contributed by atoms with Gasteiger partial charge in [-0.05, 0) is 17.5 Å². The number of ether oxygens (including phenoxy) is 1. The molecule has 0 heterocycles. The monoisotopic (exact) mass is 234 g/mol. The quantitative estimate of drug-likeness (QED) is 0.325. The van der Waals surface area contributed by atoms with E-state index in [2.05, 4.69) is 12.0 Å². The lowest BCUT2D eigenvalue weighted by atomic mass is 10.1. The molecule has 94 valence electrons. The topological polar surface area (TPSA) is 47.6 Å². The molecule has 0 unspecified atom stereocenters. The van der Waals surface area contributed by atoms with Crippen molar-refractivity contribution in [2.45, 2.75) is 39.2 Å². The highest BCUT2D eigenvalue weighted by Crippen LogP contribution is 2.08. The van der Waals surface area contributed by atoms with E-state index in [-0.39, 0.29) is 0 Å². The maximum atomic E-state index is 5.65. The molecule has 1 aromatic carbocycles. The molecular weight excluding hydrogens is 212 g/mol. The molecule has 0 fully saturated rings. The molecule has 3 heteroatoms. The molecule has 0 aliphatic heterocycles. The van der Waals surface area contributed by atoms with Gasteiger partial charge in [-0.25, -0.2) is 0 Å². The molecule has 1 rings (SSSR count). The lowest BCUT2D eigenvalue weighted by molar-refractivity contribution is 0.116. The van der Waals surface area contributed by atoms with Gasteiger partial charge in [-0.3, -0.25) is 0 Å². The number of unbranched alkanes of at least 4 members (excludes halogenated alkanes) is 3. The van der Waals surface area contributed by atoms with Crippen LogP contribution in [0.2, 0.25) is 0 Å². The van der Waals surface area contributed by atoms with Crippen LogP contribution in [0.15, 0.2) is 29.4 Å². The average molecular weight is 234 g/mol. The van der Waals surface area contributed by atoms with E-state index in [0.29, 0.717) is 6.61 Å². The van der Waals surface area contributed by atoms with Crippen LogP contribution >= 0.6 is 0 Å². The van der Waals surface area contributed by atoms with Gasteiger partial charge in [0.15, 0.2) is 0 Å². The second-order valence-corrected chi connectivity index (χ2v) is 4.09. The van der Waals surface area contributed by atoms with Crippen molar-refractivity contribution in [3.05, 3.63) is 35.4 Å². The third kappa shape index (κ3) is 5.50. The summed E-state index contributed by atoms with van der Waals surface area (Å²) < 4.78 is 5.65. The van der Waals surface area contributed by atoms with E-state index in [9.17, 15) is 0 Å². The average Bonchev–Trinajstić information content (AvgIpc) is 2.36. The van der Waals surface area contributed by atoms with Crippen LogP contribution in [-0.2, 0) is 11.3 Å². The summed E-state index contributed by atoms with van der Waals surface area (Å²) in [7, 11) is 0. The summed E-state index contributed by atoms with van der Waals surface area (Å²) in [5, 5.41) is 3.55. The van der Waals surface area contributed by atoms with E-state index < -0.39 is 0 Å². The van der Waals surface area contributed by atoms with Gasteiger partial charge in [0.05, 0.1) is 12.8 Å². The molecule has 2 N–H and O–H groups in total. The van der Waals surface area contributed by atoms with Gasteiger partial charge in [0.1, 0.15) is 0 Å². The summed E-state index contributed by atoms with van der Waals surface area (Å²) in [6.45, 7) is 3.67. The van der Waals surface area contributed by atoms with Gasteiger partial charge in [-0.2, -0.15) is 5.10 Å². The number of nitrogens with zero attached hydrogens (tertiary/aromatic N) is 1. The predicted molar refractivity (Wildman–Crippen MR) is 72.0 cm³/mol. The molecule has 0 saturated heterocycles. The molecule has 3 nitrogen and oxygen atoms in total. The van der Waals surface area contributed by atoms with Gasteiger partial charge in [0, 0.05) is 6.61 Å². The predicted octanol–water partition coefficient (Wildman–Crippen LogP) is 3.08. The minimum absolute atomic E-state index is 0.633. The van der Waals surface area contributed by atoms with E-state index in [1.54, 1.807) is 6.21 Å². The molecule has 0 radical (unpaired) electrons. The van der Waals surface area contributed by atoms with E-state index in [1.165, 1.54) is 19.3 Å². The Morgan fingerprint density at radius 3 is 2.82 bits per heavy atom. The van der Waals surface area contributed by atoms with Crippen LogP contribution in [-0.4, -0.2) is 12.8 Å². The molecule has 1 aromatic rings. The minimum atomic E-state index is 0.633. The second kappa shape index (κ2) is 8.76. The van der Waals surface area contributed by atoms with Crippen molar-refractivity contribution in [1.29, 1.82) is 0 Å². The second-order valence-electron chi connectivity index (χ2n) is 4.09. The molecule has 0 amide bonds. The number of nitrogens with two attached hydrogens (primary N) is 1. The Kier molecular flexibility index (Phi) is 7.07. The van der Waals surface area contributed by atoms with Gasteiger partial charge < -0.3 is 10.6 Å². The van der Waals surface area contributed by atoms with E-state index in [4.69, 9.17) is 10.6 Å². The van der Waals surface area contributed by atoms with Crippen LogP contribution in [0.5, 0.6) is 0 Å². The van der Waals surface area contributed by atoms with E-state index >= 15 is 0 Å². The number of benzene rings is 1. The summed E-state index contributed by atoms with van der Waals surface area (Å²) in [6, 6.07) is 8.01. The first-order chi connectivity index (χ1) is 8.38. The van der Waals surface area contributed by atoms with Gasteiger partial charge in [-0.1, -0.05) is 50.5 Å². The van der Waals surface area contributed by atoms with Crippen molar-refractivity contribution in [2.24, 2.45) is 10.9 Å². The van der Waals surface area contributed by atoms with E-state index in [0.717, 1.165) is 24.2 Å². The Labute approximate surface area is 104 Å². The summed E-state index contributed by atoms with van der Waals surface area (Å²) >= 11 is 0. The normalized spacial score (nSPS) is 11.1. The van der Waals surface area contributed by atoms with Crippen LogP contribution < -0.4 is 5.84 Å². The smallest absolute Gasteiger partial charge is 0.0723 e. The maximum Gasteiger partial charge on any atom is 0.0723 e. The fourth-order valence-electron chi connectivity index (χ4n) is 1.68. The third-order valence-corrected chi connectivity index (χ3v) is 2.67. The van der Waals surface area contributed by atoms with Crippen LogP contribution in [0.25, 0.3) is 0 Å². The zero-order valence-corrected chi connectivity index (χ0v) is 10.6. The summed E-state index contributed by atoms with van der Waals surface area (Å²) in [5.74, 6) is 5.17. The molecule has 0 spiro atoms. The zero-order valence-electron chi connectivity index (χ0n) is 10.6. The molecular formula is C14H22N2O. The highest BCUT2D eigenvalue weighted by Gasteiger charge is 1.99. The first-order valence-corrected chi connectivity index (χ1v) is 6.27. The Bertz CT molecular complexity index is 337. The first kappa shape index (κ1) is 13.7. The van der Waals surface area contributed by atoms with Gasteiger partial charge in [0.2, 0.25) is 0 Å². The first-order valence-electron chi connectivity index (χ1n) is 6.27. The van der Waals surface area contributed by atoms with E-state index in [1.807, 2.05) is 24.3 Å². The van der Waals surface area contributed by atoms with Gasteiger partial charge >= 0.3 is 0 Å². The summed E-state index contributed by atoms with van der Waals surface area (Å²) in [6.07, 6.45) is 6.61. The molecule has 0 atom stereocenters. The molecule has 0 aliphatic rings. The van der Waals surface area contributed by atoms with Gasteiger partial charge in [-0.15, -0.1) is 0 Å². The lowest BCUT2D eigenvalue weighted by Crippen LogP contribution is -1.99. The molecule has 0 aromatic heterocycles. The molecule has 17 heavy (non-hydrogen) atoms. The number of hydrogen-bond donors (Lipinski definition) is 1. The van der Waals surface area contributed by atoms with Crippen molar-refractivity contribution in [2.75, 3.05) is 6.61 Å². The zero-order chi connectivity index (χ0) is 12.3. The van der Waals surface area contributed by atoms with Crippen molar-refractivity contribution in [3.63, 3.8) is 0 Å². The number of hydrazone groups is 1. The standard InChI is InChI=1S/C14H22N2O/c1-2-3-4-7-10-17-12-14-9-6-5-8-13(14)11-16-15/h5-6,8-9,11H,2-4,7,10,12,15H2,1H3. The number of hydrogen-bond acceptors (Lipinski definition) is 3. The minimum Gasteiger partial charge on any atom is -0.377 e. The van der Waals surface area contributed by atoms with Crippen molar-refractivity contribution < 1.29 is 4.74 Å². The molecule has 0 aliphatic carbocycles. The van der Waals surface area contributed by atoms with Crippen LogP contribution in [0, 0.1) is 0 Å².